The molecule has 37 heavy (non-hydrogen) atoms. The van der Waals surface area contributed by atoms with Crippen molar-refractivity contribution in [3.63, 3.8) is 0 Å². The Labute approximate surface area is 210 Å². The van der Waals surface area contributed by atoms with Gasteiger partial charge in [-0.1, -0.05) is 66.7 Å². The van der Waals surface area contributed by atoms with Crippen LogP contribution in [0.15, 0.2) is 95.7 Å². The van der Waals surface area contributed by atoms with E-state index in [0.717, 1.165) is 18.2 Å². The maximum absolute atomic E-state index is 13.3. The van der Waals surface area contributed by atoms with Crippen molar-refractivity contribution in [2.24, 2.45) is 5.10 Å². The Morgan fingerprint density at radius 2 is 1.54 bits per heavy atom. The van der Waals surface area contributed by atoms with Crippen LogP contribution in [0, 0.1) is 0 Å². The van der Waals surface area contributed by atoms with E-state index >= 15 is 0 Å². The summed E-state index contributed by atoms with van der Waals surface area (Å²) in [5, 5.41) is 7.11. The molecule has 190 valence electrons. The summed E-state index contributed by atoms with van der Waals surface area (Å²) in [6.45, 7) is 0.345. The van der Waals surface area contributed by atoms with E-state index in [2.05, 4.69) is 10.4 Å². The fourth-order valence-corrected chi connectivity index (χ4v) is 3.07. The van der Waals surface area contributed by atoms with Gasteiger partial charge in [-0.05, 0) is 35.4 Å². The molecule has 0 spiro atoms. The van der Waals surface area contributed by atoms with Crippen molar-refractivity contribution >= 4 is 35.8 Å². The fourth-order valence-electron chi connectivity index (χ4n) is 3.07. The summed E-state index contributed by atoms with van der Waals surface area (Å²) in [4.78, 5) is 37.2. The molecule has 0 saturated heterocycles. The lowest BCUT2D eigenvalue weighted by atomic mass is 10.2. The van der Waals surface area contributed by atoms with Gasteiger partial charge in [-0.15, -0.1) is 0 Å². The Balaban J connectivity index is 1.84. The maximum Gasteiger partial charge on any atom is 0.416 e. The van der Waals surface area contributed by atoms with Crippen molar-refractivity contribution in [1.29, 1.82) is 0 Å². The number of ether oxygens (including phenoxy) is 1. The number of halogens is 3. The molecule has 0 aromatic heterocycles. The molecule has 0 aliphatic carbocycles. The molecule has 0 fully saturated rings. The minimum Gasteiger partial charge on any atom is -0.451 e. The van der Waals surface area contributed by atoms with E-state index in [0.29, 0.717) is 16.1 Å². The molecule has 10 heteroatoms. The summed E-state index contributed by atoms with van der Waals surface area (Å²) >= 11 is 0. The van der Waals surface area contributed by atoms with Gasteiger partial charge in [0, 0.05) is 6.92 Å². The fraction of sp³-hybridized carbons (Fsp3) is 0.111. The number of nitrogens with one attached hydrogen (secondary N) is 1. The predicted octanol–water partition coefficient (Wildman–Crippen LogP) is 4.79. The topological polar surface area (TPSA) is 88.1 Å². The van der Waals surface area contributed by atoms with Crippen LogP contribution in [-0.2, 0) is 25.3 Å². The van der Waals surface area contributed by atoms with Crippen LogP contribution in [0.5, 0.6) is 0 Å². The van der Waals surface area contributed by atoms with E-state index in [1.54, 1.807) is 60.7 Å². The van der Waals surface area contributed by atoms with Crippen LogP contribution in [0.25, 0.3) is 6.08 Å². The number of alkyl halides is 3. The number of hydrazone groups is 1. The number of hydrogen-bond acceptors (Lipinski definition) is 5. The van der Waals surface area contributed by atoms with Gasteiger partial charge >= 0.3 is 12.1 Å². The summed E-state index contributed by atoms with van der Waals surface area (Å²) in [6, 6.07) is 21.2. The van der Waals surface area contributed by atoms with Crippen LogP contribution in [-0.4, -0.2) is 30.6 Å². The minimum atomic E-state index is -4.64. The predicted molar refractivity (Wildman–Crippen MR) is 132 cm³/mol. The summed E-state index contributed by atoms with van der Waals surface area (Å²) in [5.41, 5.74) is -0.195. The molecule has 2 amide bonds. The molecule has 0 aliphatic heterocycles. The van der Waals surface area contributed by atoms with Gasteiger partial charge in [0.15, 0.2) is 6.61 Å². The zero-order valence-electron chi connectivity index (χ0n) is 19.6. The second-order valence-corrected chi connectivity index (χ2v) is 7.63. The average Bonchev–Trinajstić information content (AvgIpc) is 2.87. The number of carbonyl (C=O) groups excluding carboxylic acids is 3. The summed E-state index contributed by atoms with van der Waals surface area (Å²) in [5.74, 6) is -2.46. The Morgan fingerprint density at radius 3 is 2.14 bits per heavy atom. The van der Waals surface area contributed by atoms with E-state index in [1.165, 1.54) is 25.3 Å². The van der Waals surface area contributed by atoms with Gasteiger partial charge in [0.2, 0.25) is 5.91 Å². The lowest BCUT2D eigenvalue weighted by Gasteiger charge is -2.19. The minimum absolute atomic E-state index is 0.176. The molecular weight excluding hydrogens is 487 g/mol. The van der Waals surface area contributed by atoms with Gasteiger partial charge in [0.1, 0.15) is 5.70 Å². The molecular formula is C27H22F3N3O4. The molecule has 7 nitrogen and oxygen atoms in total. The highest BCUT2D eigenvalue weighted by atomic mass is 19.4. The summed E-state index contributed by atoms with van der Waals surface area (Å²) < 4.78 is 44.9. The SMILES string of the molecule is CC(=O)NC(=Cc1ccccc1)C(=O)OCC(=O)N(N=Cc1ccccc1)c1cccc(C(F)(F)F)c1. The Morgan fingerprint density at radius 1 is 0.919 bits per heavy atom. The first kappa shape index (κ1) is 26.9. The molecule has 0 saturated carbocycles. The molecule has 1 N–H and O–H groups in total. The number of hydrogen-bond donors (Lipinski definition) is 1. The zero-order chi connectivity index (χ0) is 26.8. The van der Waals surface area contributed by atoms with Crippen molar-refractivity contribution in [3.8, 4) is 0 Å². The average molecular weight is 509 g/mol. The first-order valence-electron chi connectivity index (χ1n) is 10.9. The second-order valence-electron chi connectivity index (χ2n) is 7.63. The van der Waals surface area contributed by atoms with Gasteiger partial charge in [0.25, 0.3) is 5.91 Å². The number of benzene rings is 3. The van der Waals surface area contributed by atoms with Crippen molar-refractivity contribution in [2.45, 2.75) is 13.1 Å². The smallest absolute Gasteiger partial charge is 0.416 e. The lowest BCUT2D eigenvalue weighted by Crippen LogP contribution is -2.33. The third kappa shape index (κ3) is 8.17. The quantitative estimate of drug-likeness (QED) is 0.205. The highest BCUT2D eigenvalue weighted by molar-refractivity contribution is 6.00. The van der Waals surface area contributed by atoms with E-state index in [1.807, 2.05) is 0 Å². The number of carbonyl (C=O) groups is 3. The van der Waals surface area contributed by atoms with Crippen LogP contribution >= 0.6 is 0 Å². The van der Waals surface area contributed by atoms with E-state index in [-0.39, 0.29) is 11.4 Å². The number of nitrogens with zero attached hydrogens (tertiary/aromatic N) is 2. The van der Waals surface area contributed by atoms with Crippen LogP contribution in [0.3, 0.4) is 0 Å². The van der Waals surface area contributed by atoms with Crippen LogP contribution < -0.4 is 10.3 Å². The van der Waals surface area contributed by atoms with Crippen LogP contribution in [0.4, 0.5) is 18.9 Å². The largest absolute Gasteiger partial charge is 0.451 e. The van der Waals surface area contributed by atoms with Gasteiger partial charge in [-0.2, -0.15) is 23.3 Å². The van der Waals surface area contributed by atoms with Crippen molar-refractivity contribution in [3.05, 3.63) is 107 Å². The third-order valence-electron chi connectivity index (χ3n) is 4.74. The van der Waals surface area contributed by atoms with Crippen molar-refractivity contribution < 1.29 is 32.3 Å². The molecule has 0 unspecified atom stereocenters. The van der Waals surface area contributed by atoms with Crippen LogP contribution in [0.2, 0.25) is 0 Å². The van der Waals surface area contributed by atoms with Crippen molar-refractivity contribution in [2.75, 3.05) is 11.6 Å². The number of anilines is 1. The monoisotopic (exact) mass is 509 g/mol. The van der Waals surface area contributed by atoms with E-state index in [9.17, 15) is 27.6 Å². The molecule has 0 bridgehead atoms. The molecule has 3 aromatic carbocycles. The van der Waals surface area contributed by atoms with Gasteiger partial charge < -0.3 is 10.1 Å². The number of amides is 2. The molecule has 3 rings (SSSR count). The molecule has 0 heterocycles. The number of esters is 1. The maximum atomic E-state index is 13.3. The first-order chi connectivity index (χ1) is 17.6. The number of rotatable bonds is 8. The Hall–Kier alpha value is -4.73. The molecule has 0 radical (unpaired) electrons. The zero-order valence-corrected chi connectivity index (χ0v) is 19.6. The summed E-state index contributed by atoms with van der Waals surface area (Å²) in [7, 11) is 0. The second kappa shape index (κ2) is 12.3. The molecule has 0 aliphatic rings. The highest BCUT2D eigenvalue weighted by Gasteiger charge is 2.31. The highest BCUT2D eigenvalue weighted by Crippen LogP contribution is 2.31. The van der Waals surface area contributed by atoms with Crippen molar-refractivity contribution in [1.82, 2.24) is 5.32 Å². The van der Waals surface area contributed by atoms with E-state index in [4.69, 9.17) is 4.74 Å². The lowest BCUT2D eigenvalue weighted by molar-refractivity contribution is -0.144. The molecule has 0 atom stereocenters. The van der Waals surface area contributed by atoms with Gasteiger partial charge in [-0.25, -0.2) is 4.79 Å². The van der Waals surface area contributed by atoms with Gasteiger partial charge in [0.05, 0.1) is 17.5 Å². The molecule has 3 aromatic rings. The first-order valence-corrected chi connectivity index (χ1v) is 10.9. The van der Waals surface area contributed by atoms with E-state index < -0.39 is 36.1 Å². The van der Waals surface area contributed by atoms with Gasteiger partial charge in [-0.3, -0.25) is 9.59 Å². The normalized spacial score (nSPS) is 11.7. The Bertz CT molecular complexity index is 1310. The third-order valence-corrected chi connectivity index (χ3v) is 4.74. The van der Waals surface area contributed by atoms with Crippen LogP contribution in [0.1, 0.15) is 23.6 Å². The standard InChI is InChI=1S/C27H22F3N3O4/c1-19(34)32-24(15-20-9-4-2-5-10-20)26(36)37-18-25(35)33(31-17-21-11-6-3-7-12-21)23-14-8-13-22(16-23)27(28,29)30/h2-17H,18H2,1H3,(H,32,34). The summed E-state index contributed by atoms with van der Waals surface area (Å²) in [6.07, 6.45) is -1.99. The Kier molecular flexibility index (Phi) is 8.93.